The average Bonchev–Trinajstić information content (AvgIpc) is 3.07. The summed E-state index contributed by atoms with van der Waals surface area (Å²) in [5.74, 6) is -2.00. The lowest BCUT2D eigenvalue weighted by atomic mass is 9.99. The van der Waals surface area contributed by atoms with Crippen molar-refractivity contribution in [2.75, 3.05) is 6.54 Å². The molecule has 1 aromatic carbocycles. The van der Waals surface area contributed by atoms with Crippen LogP contribution in [-0.2, 0) is 10.4 Å². The van der Waals surface area contributed by atoms with Gasteiger partial charge in [-0.3, -0.25) is 4.79 Å². The van der Waals surface area contributed by atoms with Crippen LogP contribution in [0.2, 0.25) is 0 Å². The van der Waals surface area contributed by atoms with Crippen molar-refractivity contribution in [1.82, 2.24) is 5.32 Å². The Labute approximate surface area is 137 Å². The fraction of sp³-hybridized carbons (Fsp3) is 0.353. The number of nitrogens with one attached hydrogen (secondary N) is 1. The second kappa shape index (κ2) is 6.02. The molecule has 1 amide bonds. The fourth-order valence-corrected chi connectivity index (χ4v) is 3.48. The lowest BCUT2D eigenvalue weighted by Gasteiger charge is -2.22. The normalized spacial score (nSPS) is 22.4. The minimum atomic E-state index is -1.14. The zero-order valence-electron chi connectivity index (χ0n) is 12.6. The molecule has 0 radical (unpaired) electrons. The summed E-state index contributed by atoms with van der Waals surface area (Å²) in [6, 6.07) is 5.24. The third-order valence-corrected chi connectivity index (χ3v) is 4.92. The standard InChI is InChI=1S/C17H17F2NO2S/c1-17(22,10-4-5-23-8-10)9-20-16(21)14-7-13(14)12-3-2-11(18)6-15(12)19/h2-6,8,13-14,22H,7,9H2,1H3,(H,20,21). The molecule has 1 heterocycles. The summed E-state index contributed by atoms with van der Waals surface area (Å²) in [6.45, 7) is 1.73. The minimum Gasteiger partial charge on any atom is -0.384 e. The Kier molecular flexibility index (Phi) is 4.21. The number of hydrogen-bond donors (Lipinski definition) is 2. The summed E-state index contributed by atoms with van der Waals surface area (Å²) in [5.41, 5.74) is -0.0165. The van der Waals surface area contributed by atoms with E-state index in [1.807, 2.05) is 16.8 Å². The van der Waals surface area contributed by atoms with Crippen LogP contribution in [0, 0.1) is 17.6 Å². The van der Waals surface area contributed by atoms with Gasteiger partial charge in [-0.15, -0.1) is 0 Å². The zero-order chi connectivity index (χ0) is 16.6. The van der Waals surface area contributed by atoms with Gasteiger partial charge in [-0.1, -0.05) is 6.07 Å². The van der Waals surface area contributed by atoms with Gasteiger partial charge in [-0.05, 0) is 53.3 Å². The molecule has 2 aromatic rings. The molecule has 3 nitrogen and oxygen atoms in total. The summed E-state index contributed by atoms with van der Waals surface area (Å²) < 4.78 is 26.7. The third-order valence-electron chi connectivity index (χ3n) is 4.24. The Balaban J connectivity index is 1.58. The van der Waals surface area contributed by atoms with E-state index in [9.17, 15) is 18.7 Å². The number of carbonyl (C=O) groups is 1. The highest BCUT2D eigenvalue weighted by Crippen LogP contribution is 2.48. The van der Waals surface area contributed by atoms with Gasteiger partial charge < -0.3 is 10.4 Å². The molecule has 1 aromatic heterocycles. The van der Waals surface area contributed by atoms with Crippen molar-refractivity contribution in [3.05, 3.63) is 57.8 Å². The van der Waals surface area contributed by atoms with Crippen LogP contribution >= 0.6 is 11.3 Å². The van der Waals surface area contributed by atoms with Crippen LogP contribution in [0.15, 0.2) is 35.0 Å². The molecule has 3 atom stereocenters. The molecule has 23 heavy (non-hydrogen) atoms. The highest BCUT2D eigenvalue weighted by Gasteiger charge is 2.45. The van der Waals surface area contributed by atoms with Crippen molar-refractivity contribution in [3.63, 3.8) is 0 Å². The summed E-state index contributed by atoms with van der Waals surface area (Å²) in [4.78, 5) is 12.2. The maximum absolute atomic E-state index is 13.7. The predicted molar refractivity (Wildman–Crippen MR) is 84.1 cm³/mol. The van der Waals surface area contributed by atoms with Crippen molar-refractivity contribution in [2.45, 2.75) is 24.9 Å². The largest absolute Gasteiger partial charge is 0.384 e. The van der Waals surface area contributed by atoms with E-state index in [-0.39, 0.29) is 24.3 Å². The van der Waals surface area contributed by atoms with Gasteiger partial charge in [0.25, 0.3) is 0 Å². The first-order valence-electron chi connectivity index (χ1n) is 7.36. The van der Waals surface area contributed by atoms with Crippen LogP contribution in [-0.4, -0.2) is 17.6 Å². The molecule has 0 bridgehead atoms. The molecule has 122 valence electrons. The van der Waals surface area contributed by atoms with Gasteiger partial charge in [0.05, 0.1) is 6.54 Å². The van der Waals surface area contributed by atoms with Gasteiger partial charge in [0.2, 0.25) is 5.91 Å². The zero-order valence-corrected chi connectivity index (χ0v) is 13.4. The number of benzene rings is 1. The Morgan fingerprint density at radius 1 is 1.43 bits per heavy atom. The van der Waals surface area contributed by atoms with Crippen LogP contribution in [0.3, 0.4) is 0 Å². The Hall–Kier alpha value is -1.79. The molecule has 3 rings (SSSR count). The quantitative estimate of drug-likeness (QED) is 0.880. The minimum absolute atomic E-state index is 0.0949. The van der Waals surface area contributed by atoms with E-state index in [1.165, 1.54) is 23.5 Å². The van der Waals surface area contributed by atoms with E-state index < -0.39 is 17.2 Å². The first-order valence-corrected chi connectivity index (χ1v) is 8.30. The molecule has 3 unspecified atom stereocenters. The number of aliphatic hydroxyl groups is 1. The van der Waals surface area contributed by atoms with Gasteiger partial charge in [-0.2, -0.15) is 11.3 Å². The highest BCUT2D eigenvalue weighted by atomic mass is 32.1. The van der Waals surface area contributed by atoms with Crippen molar-refractivity contribution in [2.24, 2.45) is 5.92 Å². The first-order chi connectivity index (χ1) is 10.9. The second-order valence-corrected chi connectivity index (χ2v) is 6.90. The fourth-order valence-electron chi connectivity index (χ4n) is 2.69. The van der Waals surface area contributed by atoms with Gasteiger partial charge in [-0.25, -0.2) is 8.78 Å². The number of halogens is 2. The molecule has 1 aliphatic rings. The Bertz CT molecular complexity index is 715. The lowest BCUT2D eigenvalue weighted by Crippen LogP contribution is -2.39. The van der Waals surface area contributed by atoms with E-state index in [4.69, 9.17) is 0 Å². The molecule has 6 heteroatoms. The van der Waals surface area contributed by atoms with Crippen LogP contribution in [0.5, 0.6) is 0 Å². The predicted octanol–water partition coefficient (Wildman–Crippen LogP) is 3.15. The van der Waals surface area contributed by atoms with Crippen molar-refractivity contribution < 1.29 is 18.7 Å². The van der Waals surface area contributed by atoms with Crippen molar-refractivity contribution in [1.29, 1.82) is 0 Å². The summed E-state index contributed by atoms with van der Waals surface area (Å²) >= 11 is 1.47. The monoisotopic (exact) mass is 337 g/mol. The molecule has 0 aliphatic heterocycles. The summed E-state index contributed by atoms with van der Waals surface area (Å²) in [7, 11) is 0. The maximum Gasteiger partial charge on any atom is 0.223 e. The summed E-state index contributed by atoms with van der Waals surface area (Å²) in [6.07, 6.45) is 0.537. The van der Waals surface area contributed by atoms with Gasteiger partial charge in [0.15, 0.2) is 0 Å². The highest BCUT2D eigenvalue weighted by molar-refractivity contribution is 7.08. The van der Waals surface area contributed by atoms with Crippen LogP contribution in [0.4, 0.5) is 8.78 Å². The molecular formula is C17H17F2NO2S. The lowest BCUT2D eigenvalue weighted by molar-refractivity contribution is -0.123. The third kappa shape index (κ3) is 3.43. The van der Waals surface area contributed by atoms with Gasteiger partial charge in [0, 0.05) is 12.0 Å². The number of hydrogen-bond acceptors (Lipinski definition) is 3. The first kappa shape index (κ1) is 16.1. The number of rotatable bonds is 5. The van der Waals surface area contributed by atoms with E-state index in [2.05, 4.69) is 5.32 Å². The van der Waals surface area contributed by atoms with E-state index >= 15 is 0 Å². The Morgan fingerprint density at radius 2 is 2.22 bits per heavy atom. The molecular weight excluding hydrogens is 320 g/mol. The van der Waals surface area contributed by atoms with Crippen LogP contribution in [0.25, 0.3) is 0 Å². The van der Waals surface area contributed by atoms with Crippen molar-refractivity contribution >= 4 is 17.2 Å². The smallest absolute Gasteiger partial charge is 0.223 e. The maximum atomic E-state index is 13.7. The van der Waals surface area contributed by atoms with E-state index in [1.54, 1.807) is 6.92 Å². The number of carbonyl (C=O) groups excluding carboxylic acids is 1. The molecule has 1 aliphatic carbocycles. The average molecular weight is 337 g/mol. The number of amides is 1. The van der Waals surface area contributed by atoms with E-state index in [0.29, 0.717) is 12.0 Å². The van der Waals surface area contributed by atoms with Gasteiger partial charge >= 0.3 is 0 Å². The molecule has 1 saturated carbocycles. The molecule has 2 N–H and O–H groups in total. The van der Waals surface area contributed by atoms with Crippen molar-refractivity contribution in [3.8, 4) is 0 Å². The molecule has 1 fully saturated rings. The molecule has 0 saturated heterocycles. The van der Waals surface area contributed by atoms with Crippen LogP contribution in [0.1, 0.15) is 30.4 Å². The second-order valence-electron chi connectivity index (χ2n) is 6.12. The molecule has 0 spiro atoms. The topological polar surface area (TPSA) is 49.3 Å². The van der Waals surface area contributed by atoms with Gasteiger partial charge in [0.1, 0.15) is 17.2 Å². The summed E-state index contributed by atoms with van der Waals surface area (Å²) in [5, 5.41) is 16.8. The Morgan fingerprint density at radius 3 is 2.87 bits per heavy atom. The number of thiophene rings is 1. The SMILES string of the molecule is CC(O)(CNC(=O)C1CC1c1ccc(F)cc1F)c1ccsc1. The van der Waals surface area contributed by atoms with E-state index in [0.717, 1.165) is 11.6 Å². The van der Waals surface area contributed by atoms with Crippen LogP contribution < -0.4 is 5.32 Å².